The largest absolute Gasteiger partial charge is 0.417 e. The fourth-order valence-corrected chi connectivity index (χ4v) is 2.12. The Hall–Kier alpha value is -2.31. The van der Waals surface area contributed by atoms with Gasteiger partial charge in [0.25, 0.3) is 0 Å². The zero-order valence-corrected chi connectivity index (χ0v) is 11.6. The molecule has 2 rings (SSSR count). The van der Waals surface area contributed by atoms with E-state index in [9.17, 15) is 31.1 Å². The zero-order chi connectivity index (χ0) is 17.2. The topological polar surface area (TPSA) is 17.1 Å². The average molecular weight is 332 g/mol. The van der Waals surface area contributed by atoms with Crippen LogP contribution in [0.2, 0.25) is 0 Å². The van der Waals surface area contributed by atoms with Crippen LogP contribution in [0.4, 0.5) is 26.3 Å². The van der Waals surface area contributed by atoms with E-state index in [4.69, 9.17) is 0 Å². The summed E-state index contributed by atoms with van der Waals surface area (Å²) in [5, 5.41) is 0. The van der Waals surface area contributed by atoms with E-state index in [1.54, 1.807) is 0 Å². The second-order valence-electron chi connectivity index (χ2n) is 4.84. The Balaban J connectivity index is 2.18. The molecule has 0 atom stereocenters. The third kappa shape index (κ3) is 3.91. The van der Waals surface area contributed by atoms with Gasteiger partial charge in [-0.05, 0) is 30.2 Å². The van der Waals surface area contributed by atoms with Gasteiger partial charge in [0.2, 0.25) is 0 Å². The fourth-order valence-electron chi connectivity index (χ4n) is 2.12. The van der Waals surface area contributed by atoms with E-state index >= 15 is 0 Å². The van der Waals surface area contributed by atoms with E-state index in [-0.39, 0.29) is 12.0 Å². The number of carbonyl (C=O) groups excluding carboxylic acids is 1. The molecule has 7 heteroatoms. The molecule has 2 aromatic carbocycles. The van der Waals surface area contributed by atoms with Crippen LogP contribution in [-0.4, -0.2) is 5.78 Å². The molecule has 0 radical (unpaired) electrons. The standard InChI is InChI=1S/C16H10F6O/c17-12-7-9(8-13(18)15(12)19)5-6-14(23)10-3-1-2-4-11(10)16(20,21)22/h1-4,7-8H,5-6H2. The first-order valence-corrected chi connectivity index (χ1v) is 6.53. The normalized spacial score (nSPS) is 11.6. The fraction of sp³-hybridized carbons (Fsp3) is 0.188. The highest BCUT2D eigenvalue weighted by Crippen LogP contribution is 2.32. The Morgan fingerprint density at radius 2 is 1.52 bits per heavy atom. The highest BCUT2D eigenvalue weighted by molar-refractivity contribution is 5.97. The number of aryl methyl sites for hydroxylation is 1. The smallest absolute Gasteiger partial charge is 0.294 e. The molecule has 0 heterocycles. The molecule has 0 aromatic heterocycles. The Morgan fingerprint density at radius 1 is 0.957 bits per heavy atom. The zero-order valence-electron chi connectivity index (χ0n) is 11.6. The summed E-state index contributed by atoms with van der Waals surface area (Å²) in [5.41, 5.74) is -1.59. The summed E-state index contributed by atoms with van der Waals surface area (Å²) in [7, 11) is 0. The van der Waals surface area contributed by atoms with Crippen molar-refractivity contribution in [3.63, 3.8) is 0 Å². The highest BCUT2D eigenvalue weighted by Gasteiger charge is 2.34. The number of benzene rings is 2. The van der Waals surface area contributed by atoms with Crippen LogP contribution >= 0.6 is 0 Å². The molecule has 0 saturated heterocycles. The summed E-state index contributed by atoms with van der Waals surface area (Å²) >= 11 is 0. The SMILES string of the molecule is O=C(CCc1cc(F)c(F)c(F)c1)c1ccccc1C(F)(F)F. The lowest BCUT2D eigenvalue weighted by Crippen LogP contribution is -2.13. The van der Waals surface area contributed by atoms with Gasteiger partial charge in [0, 0.05) is 12.0 Å². The van der Waals surface area contributed by atoms with Crippen LogP contribution in [0.15, 0.2) is 36.4 Å². The quantitative estimate of drug-likeness (QED) is 0.440. The van der Waals surface area contributed by atoms with Crippen molar-refractivity contribution in [2.24, 2.45) is 0 Å². The van der Waals surface area contributed by atoms with Crippen molar-refractivity contribution < 1.29 is 31.1 Å². The lowest BCUT2D eigenvalue weighted by molar-refractivity contribution is -0.137. The van der Waals surface area contributed by atoms with Crippen molar-refractivity contribution in [1.29, 1.82) is 0 Å². The molecule has 122 valence electrons. The van der Waals surface area contributed by atoms with E-state index in [0.717, 1.165) is 18.2 Å². The first-order chi connectivity index (χ1) is 10.7. The first kappa shape index (κ1) is 17.1. The van der Waals surface area contributed by atoms with Crippen molar-refractivity contribution in [2.75, 3.05) is 0 Å². The molecule has 0 spiro atoms. The van der Waals surface area contributed by atoms with Crippen molar-refractivity contribution in [3.05, 3.63) is 70.5 Å². The summed E-state index contributed by atoms with van der Waals surface area (Å²) in [6.07, 6.45) is -5.28. The minimum absolute atomic E-state index is 0.0146. The minimum atomic E-state index is -4.68. The van der Waals surface area contributed by atoms with Gasteiger partial charge in [-0.15, -0.1) is 0 Å². The number of rotatable bonds is 4. The van der Waals surface area contributed by atoms with Gasteiger partial charge in [0.1, 0.15) is 0 Å². The van der Waals surface area contributed by atoms with Crippen LogP contribution in [0, 0.1) is 17.5 Å². The third-order valence-electron chi connectivity index (χ3n) is 3.22. The molecule has 2 aromatic rings. The van der Waals surface area contributed by atoms with Crippen molar-refractivity contribution >= 4 is 5.78 Å². The molecule has 0 bridgehead atoms. The summed E-state index contributed by atoms with van der Waals surface area (Å²) in [6.45, 7) is 0. The van der Waals surface area contributed by atoms with E-state index in [2.05, 4.69) is 0 Å². The molecule has 0 saturated carbocycles. The molecule has 23 heavy (non-hydrogen) atoms. The number of ketones is 1. The molecule has 0 aliphatic carbocycles. The van der Waals surface area contributed by atoms with Gasteiger partial charge >= 0.3 is 6.18 Å². The van der Waals surface area contributed by atoms with Gasteiger partial charge < -0.3 is 0 Å². The maximum absolute atomic E-state index is 13.1. The van der Waals surface area contributed by atoms with Gasteiger partial charge in [0.15, 0.2) is 23.2 Å². The number of carbonyl (C=O) groups is 1. The minimum Gasteiger partial charge on any atom is -0.294 e. The summed E-state index contributed by atoms with van der Waals surface area (Å²) < 4.78 is 77.4. The lowest BCUT2D eigenvalue weighted by atomic mass is 9.98. The van der Waals surface area contributed by atoms with Gasteiger partial charge in [-0.3, -0.25) is 4.79 Å². The average Bonchev–Trinajstić information content (AvgIpc) is 2.49. The molecule has 0 unspecified atom stereocenters. The summed E-state index contributed by atoms with van der Waals surface area (Å²) in [6, 6.07) is 5.69. The second kappa shape index (κ2) is 6.44. The van der Waals surface area contributed by atoms with E-state index in [0.29, 0.717) is 12.1 Å². The maximum atomic E-state index is 13.1. The molecular formula is C16H10F6O. The van der Waals surface area contributed by atoms with Crippen LogP contribution in [0.5, 0.6) is 0 Å². The predicted molar refractivity (Wildman–Crippen MR) is 70.4 cm³/mol. The molecule has 0 fully saturated rings. The Kier molecular flexibility index (Phi) is 4.77. The van der Waals surface area contributed by atoms with Gasteiger partial charge in [-0.25, -0.2) is 13.2 Å². The van der Waals surface area contributed by atoms with E-state index in [1.807, 2.05) is 0 Å². The number of hydrogen-bond donors (Lipinski definition) is 0. The summed E-state index contributed by atoms with van der Waals surface area (Å²) in [5.74, 6) is -5.28. The van der Waals surface area contributed by atoms with Gasteiger partial charge in [-0.1, -0.05) is 18.2 Å². The van der Waals surface area contributed by atoms with Crippen LogP contribution in [0.3, 0.4) is 0 Å². The van der Waals surface area contributed by atoms with Gasteiger partial charge in [0.05, 0.1) is 5.56 Å². The number of Topliss-reactive ketones (excluding diaryl/α,β-unsaturated/α-hetero) is 1. The molecule has 1 nitrogen and oxygen atoms in total. The van der Waals surface area contributed by atoms with E-state index in [1.165, 1.54) is 6.07 Å². The predicted octanol–water partition coefficient (Wildman–Crippen LogP) is 4.94. The lowest BCUT2D eigenvalue weighted by Gasteiger charge is -2.11. The first-order valence-electron chi connectivity index (χ1n) is 6.53. The molecule has 0 aliphatic rings. The van der Waals surface area contributed by atoms with Crippen molar-refractivity contribution in [1.82, 2.24) is 0 Å². The molecular weight excluding hydrogens is 322 g/mol. The van der Waals surface area contributed by atoms with Crippen LogP contribution < -0.4 is 0 Å². The van der Waals surface area contributed by atoms with Crippen LogP contribution in [0.25, 0.3) is 0 Å². The number of halogens is 6. The Labute approximate surface area is 127 Å². The second-order valence-corrected chi connectivity index (χ2v) is 4.84. The van der Waals surface area contributed by atoms with Crippen molar-refractivity contribution in [3.8, 4) is 0 Å². The monoisotopic (exact) mass is 332 g/mol. The van der Waals surface area contributed by atoms with Crippen LogP contribution in [-0.2, 0) is 12.6 Å². The third-order valence-corrected chi connectivity index (χ3v) is 3.22. The molecule has 0 amide bonds. The summed E-state index contributed by atoms with van der Waals surface area (Å²) in [4.78, 5) is 12.0. The Morgan fingerprint density at radius 3 is 2.09 bits per heavy atom. The van der Waals surface area contributed by atoms with Crippen molar-refractivity contribution in [2.45, 2.75) is 19.0 Å². The Bertz CT molecular complexity index is 713. The van der Waals surface area contributed by atoms with Crippen LogP contribution in [0.1, 0.15) is 27.9 Å². The maximum Gasteiger partial charge on any atom is 0.417 e. The highest BCUT2D eigenvalue weighted by atomic mass is 19.4. The molecule has 0 N–H and O–H groups in total. The number of alkyl halides is 3. The van der Waals surface area contributed by atoms with E-state index < -0.39 is 47.0 Å². The van der Waals surface area contributed by atoms with Gasteiger partial charge in [-0.2, -0.15) is 13.2 Å². The molecule has 0 aliphatic heterocycles. The number of hydrogen-bond acceptors (Lipinski definition) is 1.